The third-order valence-electron chi connectivity index (χ3n) is 2.42. The highest BCUT2D eigenvalue weighted by atomic mass is 19.1. The summed E-state index contributed by atoms with van der Waals surface area (Å²) in [6.07, 6.45) is 0.593. The number of hydrogen-bond donors (Lipinski definition) is 2. The van der Waals surface area contributed by atoms with Crippen LogP contribution < -0.4 is 5.32 Å². The molecule has 1 rings (SSSR count). The number of aliphatic hydroxyl groups excluding tert-OH is 1. The van der Waals surface area contributed by atoms with Gasteiger partial charge in [-0.2, -0.15) is 0 Å². The van der Waals surface area contributed by atoms with Crippen molar-refractivity contribution in [1.29, 1.82) is 0 Å². The molecule has 0 radical (unpaired) electrons. The lowest BCUT2D eigenvalue weighted by Gasteiger charge is -2.12. The van der Waals surface area contributed by atoms with E-state index in [1.807, 2.05) is 6.92 Å². The van der Waals surface area contributed by atoms with Crippen LogP contribution in [0.15, 0.2) is 18.2 Å². The van der Waals surface area contributed by atoms with Gasteiger partial charge in [0.15, 0.2) is 0 Å². The number of nitrogens with one attached hydrogen (secondary N) is 1. The first-order valence-electron chi connectivity index (χ1n) is 5.33. The smallest absolute Gasteiger partial charge is 0.292 e. The SMILES string of the molecule is CC(CCO)CNc1cc(F)ccc1[N+](=O)[O-]. The van der Waals surface area contributed by atoms with Crippen molar-refractivity contribution in [3.63, 3.8) is 0 Å². The molecule has 1 aromatic rings. The van der Waals surface area contributed by atoms with Gasteiger partial charge in [-0.1, -0.05) is 6.92 Å². The first-order valence-corrected chi connectivity index (χ1v) is 5.33. The van der Waals surface area contributed by atoms with Crippen LogP contribution in [0.4, 0.5) is 15.8 Å². The zero-order valence-corrected chi connectivity index (χ0v) is 9.52. The van der Waals surface area contributed by atoms with E-state index in [0.717, 1.165) is 18.2 Å². The number of halogens is 1. The average Bonchev–Trinajstić information content (AvgIpc) is 2.26. The zero-order chi connectivity index (χ0) is 12.8. The summed E-state index contributed by atoms with van der Waals surface area (Å²) in [6.45, 7) is 2.41. The molecule has 0 heterocycles. The van der Waals surface area contributed by atoms with Gasteiger partial charge < -0.3 is 10.4 Å². The van der Waals surface area contributed by atoms with E-state index in [4.69, 9.17) is 5.11 Å². The maximum Gasteiger partial charge on any atom is 0.292 e. The fraction of sp³-hybridized carbons (Fsp3) is 0.455. The maximum absolute atomic E-state index is 13.0. The van der Waals surface area contributed by atoms with Crippen molar-refractivity contribution < 1.29 is 14.4 Å². The van der Waals surface area contributed by atoms with Crippen molar-refractivity contribution in [2.75, 3.05) is 18.5 Å². The van der Waals surface area contributed by atoms with Gasteiger partial charge in [0.25, 0.3) is 5.69 Å². The van der Waals surface area contributed by atoms with E-state index in [-0.39, 0.29) is 23.9 Å². The van der Waals surface area contributed by atoms with Crippen molar-refractivity contribution in [2.24, 2.45) is 5.92 Å². The van der Waals surface area contributed by atoms with Gasteiger partial charge in [0, 0.05) is 25.3 Å². The summed E-state index contributed by atoms with van der Waals surface area (Å²) in [6, 6.07) is 3.29. The number of nitro groups is 1. The number of nitro benzene ring substituents is 1. The molecule has 5 nitrogen and oxygen atoms in total. The van der Waals surface area contributed by atoms with Crippen LogP contribution in [0.5, 0.6) is 0 Å². The topological polar surface area (TPSA) is 75.4 Å². The number of nitrogens with zero attached hydrogens (tertiary/aromatic N) is 1. The molecular weight excluding hydrogens is 227 g/mol. The van der Waals surface area contributed by atoms with Gasteiger partial charge in [-0.15, -0.1) is 0 Å². The third-order valence-corrected chi connectivity index (χ3v) is 2.42. The van der Waals surface area contributed by atoms with E-state index in [9.17, 15) is 14.5 Å². The van der Waals surface area contributed by atoms with Crippen LogP contribution in [0.25, 0.3) is 0 Å². The Morgan fingerprint density at radius 2 is 2.29 bits per heavy atom. The van der Waals surface area contributed by atoms with Crippen molar-refractivity contribution in [1.82, 2.24) is 0 Å². The summed E-state index contributed by atoms with van der Waals surface area (Å²) in [5, 5.41) is 22.3. The molecule has 0 saturated heterocycles. The lowest BCUT2D eigenvalue weighted by molar-refractivity contribution is -0.384. The molecule has 1 unspecified atom stereocenters. The number of aliphatic hydroxyl groups is 1. The van der Waals surface area contributed by atoms with Crippen LogP contribution in [0, 0.1) is 21.8 Å². The van der Waals surface area contributed by atoms with E-state index < -0.39 is 10.7 Å². The van der Waals surface area contributed by atoms with Crippen molar-refractivity contribution in [3.05, 3.63) is 34.1 Å². The molecule has 0 fully saturated rings. The highest BCUT2D eigenvalue weighted by molar-refractivity contribution is 5.61. The van der Waals surface area contributed by atoms with Gasteiger partial charge >= 0.3 is 0 Å². The Balaban J connectivity index is 2.75. The number of anilines is 1. The highest BCUT2D eigenvalue weighted by Crippen LogP contribution is 2.25. The predicted octanol–water partition coefficient (Wildman–Crippen LogP) is 2.16. The van der Waals surface area contributed by atoms with E-state index in [0.29, 0.717) is 13.0 Å². The number of hydrogen-bond acceptors (Lipinski definition) is 4. The van der Waals surface area contributed by atoms with Gasteiger partial charge in [-0.25, -0.2) is 4.39 Å². The molecule has 0 spiro atoms. The normalized spacial score (nSPS) is 12.2. The fourth-order valence-corrected chi connectivity index (χ4v) is 1.42. The van der Waals surface area contributed by atoms with E-state index in [1.54, 1.807) is 0 Å². The monoisotopic (exact) mass is 242 g/mol. The molecule has 0 aliphatic carbocycles. The molecule has 0 aliphatic heterocycles. The van der Waals surface area contributed by atoms with Gasteiger partial charge in [0.2, 0.25) is 0 Å². The fourth-order valence-electron chi connectivity index (χ4n) is 1.42. The molecule has 0 saturated carbocycles. The highest BCUT2D eigenvalue weighted by Gasteiger charge is 2.14. The summed E-state index contributed by atoms with van der Waals surface area (Å²) in [4.78, 5) is 10.1. The van der Waals surface area contributed by atoms with Crippen LogP contribution in [0.1, 0.15) is 13.3 Å². The van der Waals surface area contributed by atoms with Crippen LogP contribution in [-0.4, -0.2) is 23.2 Å². The molecule has 6 heteroatoms. The molecule has 0 amide bonds. The summed E-state index contributed by atoms with van der Waals surface area (Å²) < 4.78 is 13.0. The van der Waals surface area contributed by atoms with Crippen LogP contribution >= 0.6 is 0 Å². The molecule has 0 bridgehead atoms. The Morgan fingerprint density at radius 3 is 2.88 bits per heavy atom. The summed E-state index contributed by atoms with van der Waals surface area (Å²) in [5.41, 5.74) is 0.0161. The quantitative estimate of drug-likeness (QED) is 0.592. The minimum absolute atomic E-state index is 0.0636. The van der Waals surface area contributed by atoms with Gasteiger partial charge in [-0.3, -0.25) is 10.1 Å². The molecule has 2 N–H and O–H groups in total. The van der Waals surface area contributed by atoms with Crippen molar-refractivity contribution in [2.45, 2.75) is 13.3 Å². The standard InChI is InChI=1S/C11H15FN2O3/c1-8(4-5-15)7-13-10-6-9(12)2-3-11(10)14(16)17/h2-3,6,8,13,15H,4-5,7H2,1H3. The first-order chi connectivity index (χ1) is 8.04. The Morgan fingerprint density at radius 1 is 1.59 bits per heavy atom. The van der Waals surface area contributed by atoms with Crippen molar-refractivity contribution >= 4 is 11.4 Å². The second-order valence-corrected chi connectivity index (χ2v) is 3.92. The lowest BCUT2D eigenvalue weighted by atomic mass is 10.1. The maximum atomic E-state index is 13.0. The number of benzene rings is 1. The summed E-state index contributed by atoms with van der Waals surface area (Å²) in [7, 11) is 0. The molecule has 1 aromatic carbocycles. The van der Waals surface area contributed by atoms with Crippen LogP contribution in [0.3, 0.4) is 0 Å². The molecule has 0 aromatic heterocycles. The molecule has 94 valence electrons. The van der Waals surface area contributed by atoms with Gasteiger partial charge in [-0.05, 0) is 18.4 Å². The van der Waals surface area contributed by atoms with Crippen LogP contribution in [-0.2, 0) is 0 Å². The van der Waals surface area contributed by atoms with E-state index >= 15 is 0 Å². The lowest BCUT2D eigenvalue weighted by Crippen LogP contribution is -2.13. The minimum Gasteiger partial charge on any atom is -0.396 e. The Bertz CT molecular complexity index is 398. The van der Waals surface area contributed by atoms with Gasteiger partial charge in [0.05, 0.1) is 4.92 Å². The van der Waals surface area contributed by atoms with E-state index in [1.165, 1.54) is 0 Å². The largest absolute Gasteiger partial charge is 0.396 e. The number of rotatable bonds is 6. The average molecular weight is 242 g/mol. The first kappa shape index (κ1) is 13.4. The second-order valence-electron chi connectivity index (χ2n) is 3.92. The minimum atomic E-state index is -0.557. The third kappa shape index (κ3) is 3.99. The molecule has 0 aliphatic rings. The Hall–Kier alpha value is -1.69. The van der Waals surface area contributed by atoms with Crippen LogP contribution in [0.2, 0.25) is 0 Å². The van der Waals surface area contributed by atoms with Crippen molar-refractivity contribution in [3.8, 4) is 0 Å². The van der Waals surface area contributed by atoms with E-state index in [2.05, 4.69) is 5.32 Å². The molecule has 17 heavy (non-hydrogen) atoms. The molecule has 1 atom stereocenters. The van der Waals surface area contributed by atoms with Gasteiger partial charge in [0.1, 0.15) is 11.5 Å². The second kappa shape index (κ2) is 6.15. The Labute approximate surface area is 98.4 Å². The predicted molar refractivity (Wildman–Crippen MR) is 62.4 cm³/mol. The Kier molecular flexibility index (Phi) is 4.84. The molecular formula is C11H15FN2O3. The zero-order valence-electron chi connectivity index (χ0n) is 9.52. The summed E-state index contributed by atoms with van der Waals surface area (Å²) >= 11 is 0. The summed E-state index contributed by atoms with van der Waals surface area (Å²) in [5.74, 6) is -0.365.